The molecule has 0 amide bonds. The first-order valence-electron chi connectivity index (χ1n) is 6.22. The smallest absolute Gasteiger partial charge is 0.299 e. The Morgan fingerprint density at radius 1 is 1.56 bits per heavy atom. The summed E-state index contributed by atoms with van der Waals surface area (Å²) in [7, 11) is 0. The van der Waals surface area contributed by atoms with E-state index in [9.17, 15) is 14.5 Å². The highest BCUT2D eigenvalue weighted by molar-refractivity contribution is 5.36. The molecule has 1 aliphatic rings. The van der Waals surface area contributed by atoms with E-state index in [1.54, 1.807) is 12.1 Å². The van der Waals surface area contributed by atoms with E-state index in [4.69, 9.17) is 0 Å². The summed E-state index contributed by atoms with van der Waals surface area (Å²) >= 11 is 0. The minimum atomic E-state index is -0.694. The maximum absolute atomic E-state index is 13.9. The van der Waals surface area contributed by atoms with Crippen LogP contribution in [0.3, 0.4) is 0 Å². The lowest BCUT2D eigenvalue weighted by Crippen LogP contribution is -2.34. The molecule has 1 aliphatic heterocycles. The molecule has 5 heteroatoms. The highest BCUT2D eigenvalue weighted by Crippen LogP contribution is 2.23. The minimum Gasteiger partial charge on any atom is -0.299 e. The molecule has 1 aromatic rings. The molecule has 1 aromatic carbocycles. The van der Waals surface area contributed by atoms with Gasteiger partial charge in [-0.05, 0) is 25.3 Å². The molecule has 1 heterocycles. The van der Waals surface area contributed by atoms with Crippen LogP contribution in [0.2, 0.25) is 0 Å². The Bertz CT molecular complexity index is 451. The van der Waals surface area contributed by atoms with Crippen molar-refractivity contribution < 1.29 is 9.31 Å². The number of likely N-dealkylation sites (tertiary alicyclic amines) is 1. The van der Waals surface area contributed by atoms with Gasteiger partial charge in [-0.3, -0.25) is 15.0 Å². The molecule has 0 aromatic heterocycles. The Hall–Kier alpha value is -1.49. The SMILES string of the molecule is CC1CCCN(Cc2cccc([N+](=O)[O-])c2F)C1. The molecule has 1 atom stereocenters. The number of piperidine rings is 1. The number of nitro benzene ring substituents is 1. The molecule has 0 aliphatic carbocycles. The van der Waals surface area contributed by atoms with Crippen LogP contribution in [0, 0.1) is 21.8 Å². The molecule has 0 spiro atoms. The van der Waals surface area contributed by atoms with Gasteiger partial charge in [-0.15, -0.1) is 0 Å². The van der Waals surface area contributed by atoms with Crippen molar-refractivity contribution in [2.75, 3.05) is 13.1 Å². The number of hydrogen-bond donors (Lipinski definition) is 0. The van der Waals surface area contributed by atoms with Crippen molar-refractivity contribution in [3.63, 3.8) is 0 Å². The zero-order chi connectivity index (χ0) is 13.1. The molecule has 4 nitrogen and oxygen atoms in total. The third-order valence-electron chi connectivity index (χ3n) is 3.39. The van der Waals surface area contributed by atoms with Crippen LogP contribution in [0.15, 0.2) is 18.2 Å². The first-order chi connectivity index (χ1) is 8.58. The molecule has 98 valence electrons. The van der Waals surface area contributed by atoms with E-state index in [2.05, 4.69) is 11.8 Å². The molecule has 0 N–H and O–H groups in total. The zero-order valence-electron chi connectivity index (χ0n) is 10.4. The largest absolute Gasteiger partial charge is 0.305 e. The summed E-state index contributed by atoms with van der Waals surface area (Å²) in [5.41, 5.74) is -0.0177. The van der Waals surface area contributed by atoms with Crippen LogP contribution >= 0.6 is 0 Å². The first-order valence-corrected chi connectivity index (χ1v) is 6.22. The quantitative estimate of drug-likeness (QED) is 0.613. The van der Waals surface area contributed by atoms with Crippen molar-refractivity contribution in [3.8, 4) is 0 Å². The Morgan fingerprint density at radius 2 is 2.33 bits per heavy atom. The molecular formula is C13H17FN2O2. The average Bonchev–Trinajstić information content (AvgIpc) is 2.31. The summed E-state index contributed by atoms with van der Waals surface area (Å²) in [5.74, 6) is -0.0822. The molecule has 0 bridgehead atoms. The summed E-state index contributed by atoms with van der Waals surface area (Å²) < 4.78 is 13.9. The third kappa shape index (κ3) is 2.85. The van der Waals surface area contributed by atoms with Crippen LogP contribution in [0.4, 0.5) is 10.1 Å². The normalized spacial score (nSPS) is 20.9. The molecule has 1 fully saturated rings. The molecule has 0 saturated carbocycles. The van der Waals surface area contributed by atoms with Gasteiger partial charge in [0.1, 0.15) is 0 Å². The van der Waals surface area contributed by atoms with Crippen LogP contribution in [-0.2, 0) is 6.54 Å². The lowest BCUT2D eigenvalue weighted by atomic mass is 9.99. The fourth-order valence-electron chi connectivity index (χ4n) is 2.50. The molecule has 2 rings (SSSR count). The van der Waals surface area contributed by atoms with Crippen LogP contribution in [0.25, 0.3) is 0 Å². The number of benzene rings is 1. The average molecular weight is 252 g/mol. The summed E-state index contributed by atoms with van der Waals surface area (Å²) in [6.45, 7) is 4.50. The van der Waals surface area contributed by atoms with E-state index in [1.807, 2.05) is 0 Å². The van der Waals surface area contributed by atoms with E-state index >= 15 is 0 Å². The van der Waals surface area contributed by atoms with Crippen molar-refractivity contribution in [2.24, 2.45) is 5.92 Å². The van der Waals surface area contributed by atoms with Crippen molar-refractivity contribution in [3.05, 3.63) is 39.7 Å². The second-order valence-electron chi connectivity index (χ2n) is 4.99. The van der Waals surface area contributed by atoms with E-state index in [0.717, 1.165) is 19.5 Å². The number of nitrogens with zero attached hydrogens (tertiary/aromatic N) is 2. The van der Waals surface area contributed by atoms with Crippen molar-refractivity contribution in [1.82, 2.24) is 4.90 Å². The number of halogens is 1. The van der Waals surface area contributed by atoms with Crippen molar-refractivity contribution in [2.45, 2.75) is 26.3 Å². The van der Waals surface area contributed by atoms with Crippen LogP contribution in [-0.4, -0.2) is 22.9 Å². The van der Waals surface area contributed by atoms with Crippen molar-refractivity contribution >= 4 is 5.69 Å². The van der Waals surface area contributed by atoms with Gasteiger partial charge in [0.15, 0.2) is 0 Å². The number of rotatable bonds is 3. The first kappa shape index (κ1) is 13.0. The molecule has 1 unspecified atom stereocenters. The maximum Gasteiger partial charge on any atom is 0.305 e. The van der Waals surface area contributed by atoms with Gasteiger partial charge in [-0.1, -0.05) is 19.1 Å². The van der Waals surface area contributed by atoms with Gasteiger partial charge >= 0.3 is 5.69 Å². The van der Waals surface area contributed by atoms with Gasteiger partial charge < -0.3 is 0 Å². The van der Waals surface area contributed by atoms with E-state index in [0.29, 0.717) is 18.0 Å². The second kappa shape index (κ2) is 5.44. The monoisotopic (exact) mass is 252 g/mol. The molecule has 1 saturated heterocycles. The number of hydrogen-bond acceptors (Lipinski definition) is 3. The fourth-order valence-corrected chi connectivity index (χ4v) is 2.50. The third-order valence-corrected chi connectivity index (χ3v) is 3.39. The standard InChI is InChI=1S/C13H17FN2O2/c1-10-4-3-7-15(8-10)9-11-5-2-6-12(13(11)14)16(17)18/h2,5-6,10H,3-4,7-9H2,1H3. The van der Waals surface area contributed by atoms with Gasteiger partial charge in [0.05, 0.1) is 4.92 Å². The maximum atomic E-state index is 13.9. The van der Waals surface area contributed by atoms with Gasteiger partial charge in [-0.25, -0.2) is 0 Å². The predicted octanol–water partition coefficient (Wildman–Crippen LogP) is 2.97. The van der Waals surface area contributed by atoms with Gasteiger partial charge in [-0.2, -0.15) is 4.39 Å². The van der Waals surface area contributed by atoms with Crippen molar-refractivity contribution in [1.29, 1.82) is 0 Å². The van der Waals surface area contributed by atoms with Crippen LogP contribution in [0.5, 0.6) is 0 Å². The molecule has 0 radical (unpaired) electrons. The lowest BCUT2D eigenvalue weighted by Gasteiger charge is -2.30. The minimum absolute atomic E-state index is 0.415. The van der Waals surface area contributed by atoms with E-state index in [1.165, 1.54) is 12.5 Å². The van der Waals surface area contributed by atoms with Gasteiger partial charge in [0, 0.05) is 24.7 Å². The zero-order valence-corrected chi connectivity index (χ0v) is 10.4. The summed E-state index contributed by atoms with van der Waals surface area (Å²) in [4.78, 5) is 12.2. The van der Waals surface area contributed by atoms with Gasteiger partial charge in [0.2, 0.25) is 5.82 Å². The summed E-state index contributed by atoms with van der Waals surface area (Å²) in [5, 5.41) is 10.7. The van der Waals surface area contributed by atoms with E-state index in [-0.39, 0.29) is 0 Å². The summed E-state index contributed by atoms with van der Waals surface area (Å²) in [6, 6.07) is 4.38. The Labute approximate surface area is 106 Å². The van der Waals surface area contributed by atoms with Crippen LogP contribution in [0.1, 0.15) is 25.3 Å². The highest BCUT2D eigenvalue weighted by Gasteiger charge is 2.21. The topological polar surface area (TPSA) is 46.4 Å². The predicted molar refractivity (Wildman–Crippen MR) is 66.7 cm³/mol. The Kier molecular flexibility index (Phi) is 3.91. The number of nitro groups is 1. The van der Waals surface area contributed by atoms with E-state index < -0.39 is 16.4 Å². The molecular weight excluding hydrogens is 235 g/mol. The Balaban J connectivity index is 2.14. The Morgan fingerprint density at radius 3 is 3.00 bits per heavy atom. The lowest BCUT2D eigenvalue weighted by molar-refractivity contribution is -0.387. The van der Waals surface area contributed by atoms with Gasteiger partial charge in [0.25, 0.3) is 0 Å². The molecule has 18 heavy (non-hydrogen) atoms. The second-order valence-corrected chi connectivity index (χ2v) is 4.99. The fraction of sp³-hybridized carbons (Fsp3) is 0.538. The summed E-state index contributed by atoms with van der Waals surface area (Å²) in [6.07, 6.45) is 2.31. The highest BCUT2D eigenvalue weighted by atomic mass is 19.1. The van der Waals surface area contributed by atoms with Crippen LogP contribution < -0.4 is 0 Å².